The topological polar surface area (TPSA) is 49.3 Å². The molecule has 1 saturated carbocycles. The molecule has 4 unspecified atom stereocenters. The van der Waals surface area contributed by atoms with E-state index in [0.717, 1.165) is 24.8 Å². The largest absolute Gasteiger partial charge is 0.378 e. The Balaban J connectivity index is 2.19. The molecule has 2 N–H and O–H groups in total. The van der Waals surface area contributed by atoms with Gasteiger partial charge in [0, 0.05) is 0 Å². The maximum Gasteiger partial charge on any atom is 0.175 e. The zero-order chi connectivity index (χ0) is 14.9. The summed E-state index contributed by atoms with van der Waals surface area (Å²) in [6, 6.07) is -0.190. The van der Waals surface area contributed by atoms with Crippen molar-refractivity contribution in [2.75, 3.05) is 0 Å². The summed E-state index contributed by atoms with van der Waals surface area (Å²) in [7, 11) is 0. The summed E-state index contributed by atoms with van der Waals surface area (Å²) in [5.74, 6) is 1.62. The van der Waals surface area contributed by atoms with Gasteiger partial charge >= 0.3 is 0 Å². The first kappa shape index (κ1) is 15.7. The molecule has 0 bridgehead atoms. The van der Waals surface area contributed by atoms with Crippen molar-refractivity contribution in [1.29, 1.82) is 0 Å². The molecule has 2 aliphatic rings. The number of ketones is 1. The first-order chi connectivity index (χ1) is 9.43. The number of aliphatic hydroxyl groups is 1. The van der Waals surface area contributed by atoms with Crippen molar-refractivity contribution < 1.29 is 9.90 Å². The van der Waals surface area contributed by atoms with E-state index < -0.39 is 6.23 Å². The van der Waals surface area contributed by atoms with Gasteiger partial charge in [0.15, 0.2) is 5.78 Å². The summed E-state index contributed by atoms with van der Waals surface area (Å²) >= 11 is 0. The fourth-order valence-corrected chi connectivity index (χ4v) is 3.64. The highest BCUT2D eigenvalue weighted by Gasteiger charge is 2.37. The van der Waals surface area contributed by atoms with E-state index in [0.29, 0.717) is 11.8 Å². The standard InChI is InChI=1S/C17H29NO2/c1-5-13-14-8-11(4)6-7-12(14)9-15(16(13)19)18-17(20)10(2)3/h10-12,15,17-18,20H,5-9H2,1-4H3. The van der Waals surface area contributed by atoms with Crippen LogP contribution in [0, 0.1) is 17.8 Å². The van der Waals surface area contributed by atoms with Gasteiger partial charge in [0.25, 0.3) is 0 Å². The molecular weight excluding hydrogens is 250 g/mol. The minimum absolute atomic E-state index is 0.129. The number of carbonyl (C=O) groups is 1. The summed E-state index contributed by atoms with van der Waals surface area (Å²) in [5, 5.41) is 13.2. The van der Waals surface area contributed by atoms with Gasteiger partial charge in [-0.3, -0.25) is 10.1 Å². The summed E-state index contributed by atoms with van der Waals surface area (Å²) in [6.07, 6.45) is 4.66. The first-order valence-corrected chi connectivity index (χ1v) is 8.14. The molecule has 1 fully saturated rings. The molecule has 0 aromatic carbocycles. The van der Waals surface area contributed by atoms with Crippen LogP contribution in [0.15, 0.2) is 11.1 Å². The van der Waals surface area contributed by atoms with Gasteiger partial charge in [0.1, 0.15) is 6.23 Å². The highest BCUT2D eigenvalue weighted by Crippen LogP contribution is 2.42. The summed E-state index contributed by atoms with van der Waals surface area (Å²) in [6.45, 7) is 8.30. The Hall–Kier alpha value is -0.670. The van der Waals surface area contributed by atoms with E-state index in [2.05, 4.69) is 19.2 Å². The number of rotatable bonds is 4. The van der Waals surface area contributed by atoms with Gasteiger partial charge in [-0.15, -0.1) is 0 Å². The van der Waals surface area contributed by atoms with Gasteiger partial charge in [0.05, 0.1) is 6.04 Å². The minimum atomic E-state index is -0.592. The molecule has 20 heavy (non-hydrogen) atoms. The molecule has 0 amide bonds. The summed E-state index contributed by atoms with van der Waals surface area (Å²) < 4.78 is 0. The van der Waals surface area contributed by atoms with Crippen LogP contribution in [0.1, 0.15) is 59.8 Å². The van der Waals surface area contributed by atoms with Crippen LogP contribution < -0.4 is 5.32 Å². The maximum absolute atomic E-state index is 12.6. The van der Waals surface area contributed by atoms with E-state index in [9.17, 15) is 9.90 Å². The van der Waals surface area contributed by atoms with Gasteiger partial charge in [0.2, 0.25) is 0 Å². The highest BCUT2D eigenvalue weighted by atomic mass is 16.3. The van der Waals surface area contributed by atoms with E-state index >= 15 is 0 Å². The Morgan fingerprint density at radius 3 is 2.65 bits per heavy atom. The number of allylic oxidation sites excluding steroid dienone is 1. The third kappa shape index (κ3) is 3.15. The van der Waals surface area contributed by atoms with E-state index in [1.165, 1.54) is 18.4 Å². The van der Waals surface area contributed by atoms with Crippen molar-refractivity contribution in [3.8, 4) is 0 Å². The molecule has 2 rings (SSSR count). The fraction of sp³-hybridized carbons (Fsp3) is 0.824. The molecule has 2 aliphatic carbocycles. The summed E-state index contributed by atoms with van der Waals surface area (Å²) in [5.41, 5.74) is 2.47. The Bertz CT molecular complexity index is 400. The number of hydrogen-bond acceptors (Lipinski definition) is 3. The molecule has 0 saturated heterocycles. The molecule has 0 heterocycles. The maximum atomic E-state index is 12.6. The minimum Gasteiger partial charge on any atom is -0.378 e. The van der Waals surface area contributed by atoms with Crippen LogP contribution in [0.2, 0.25) is 0 Å². The Morgan fingerprint density at radius 2 is 2.05 bits per heavy atom. The Kier molecular flexibility index (Phi) is 5.03. The zero-order valence-corrected chi connectivity index (χ0v) is 13.3. The second kappa shape index (κ2) is 6.40. The van der Waals surface area contributed by atoms with E-state index in [1.807, 2.05) is 13.8 Å². The van der Waals surface area contributed by atoms with Crippen LogP contribution in [-0.2, 0) is 4.79 Å². The van der Waals surface area contributed by atoms with Crippen molar-refractivity contribution in [2.45, 2.75) is 72.1 Å². The second-order valence-corrected chi connectivity index (χ2v) is 6.95. The molecule has 0 radical (unpaired) electrons. The average molecular weight is 279 g/mol. The van der Waals surface area contributed by atoms with E-state index in [1.54, 1.807) is 0 Å². The molecule has 3 nitrogen and oxygen atoms in total. The van der Waals surface area contributed by atoms with Gasteiger partial charge in [-0.25, -0.2) is 0 Å². The smallest absolute Gasteiger partial charge is 0.175 e. The average Bonchev–Trinajstić information content (AvgIpc) is 2.40. The number of hydrogen-bond donors (Lipinski definition) is 2. The van der Waals surface area contributed by atoms with Crippen LogP contribution in [0.3, 0.4) is 0 Å². The van der Waals surface area contributed by atoms with Gasteiger partial charge < -0.3 is 5.11 Å². The van der Waals surface area contributed by atoms with Crippen LogP contribution in [0.4, 0.5) is 0 Å². The lowest BCUT2D eigenvalue weighted by Crippen LogP contribution is -2.49. The molecule has 0 aromatic heterocycles. The lowest BCUT2D eigenvalue weighted by Gasteiger charge is -2.39. The predicted octanol–water partition coefficient (Wildman–Crippen LogP) is 3.03. The van der Waals surface area contributed by atoms with Crippen molar-refractivity contribution in [1.82, 2.24) is 5.32 Å². The summed E-state index contributed by atoms with van der Waals surface area (Å²) in [4.78, 5) is 12.6. The molecule has 3 heteroatoms. The molecule has 0 spiro atoms. The lowest BCUT2D eigenvalue weighted by atomic mass is 9.69. The van der Waals surface area contributed by atoms with Crippen molar-refractivity contribution in [3.05, 3.63) is 11.1 Å². The van der Waals surface area contributed by atoms with E-state index in [4.69, 9.17) is 0 Å². The number of fused-ring (bicyclic) bond motifs is 1. The molecule has 4 atom stereocenters. The second-order valence-electron chi connectivity index (χ2n) is 6.95. The third-order valence-corrected chi connectivity index (χ3v) is 4.95. The molecular formula is C17H29NO2. The van der Waals surface area contributed by atoms with Gasteiger partial charge in [-0.2, -0.15) is 0 Å². The van der Waals surface area contributed by atoms with Gasteiger partial charge in [-0.1, -0.05) is 33.3 Å². The first-order valence-electron chi connectivity index (χ1n) is 8.14. The number of aliphatic hydroxyl groups excluding tert-OH is 1. The van der Waals surface area contributed by atoms with E-state index in [-0.39, 0.29) is 17.7 Å². The van der Waals surface area contributed by atoms with Crippen LogP contribution in [0.25, 0.3) is 0 Å². The molecule has 0 aromatic rings. The fourth-order valence-electron chi connectivity index (χ4n) is 3.64. The van der Waals surface area contributed by atoms with Crippen LogP contribution in [-0.4, -0.2) is 23.2 Å². The zero-order valence-electron chi connectivity index (χ0n) is 13.3. The SMILES string of the molecule is CCC1=C2CC(C)CCC2CC(NC(O)C(C)C)C1=O. The Morgan fingerprint density at radius 1 is 1.35 bits per heavy atom. The number of Topliss-reactive ketones (excluding diaryl/α,β-unsaturated/α-hetero) is 1. The van der Waals surface area contributed by atoms with Crippen molar-refractivity contribution >= 4 is 5.78 Å². The monoisotopic (exact) mass is 279 g/mol. The van der Waals surface area contributed by atoms with Gasteiger partial charge in [-0.05, 0) is 55.4 Å². The van der Waals surface area contributed by atoms with Crippen molar-refractivity contribution in [3.63, 3.8) is 0 Å². The Labute approximate surface area is 122 Å². The van der Waals surface area contributed by atoms with Crippen molar-refractivity contribution in [2.24, 2.45) is 17.8 Å². The molecule has 0 aliphatic heterocycles. The lowest BCUT2D eigenvalue weighted by molar-refractivity contribution is -0.120. The predicted molar refractivity (Wildman–Crippen MR) is 81.2 cm³/mol. The quantitative estimate of drug-likeness (QED) is 0.778. The number of carbonyl (C=O) groups excluding carboxylic acids is 1. The normalized spacial score (nSPS) is 32.5. The van der Waals surface area contributed by atoms with Crippen LogP contribution >= 0.6 is 0 Å². The molecule has 114 valence electrons. The van der Waals surface area contributed by atoms with Crippen LogP contribution in [0.5, 0.6) is 0 Å². The number of nitrogens with one attached hydrogen (secondary N) is 1. The third-order valence-electron chi connectivity index (χ3n) is 4.95. The highest BCUT2D eigenvalue weighted by molar-refractivity contribution is 6.01.